The highest BCUT2D eigenvalue weighted by atomic mass is 19.3. The van der Waals surface area contributed by atoms with Crippen molar-refractivity contribution >= 4 is 5.84 Å². The summed E-state index contributed by atoms with van der Waals surface area (Å²) in [5, 5.41) is 0. The molecule has 3 N–H and O–H groups in total. The maximum atomic E-state index is 12.1. The van der Waals surface area contributed by atoms with Crippen LogP contribution in [0.4, 0.5) is 8.78 Å². The molecule has 0 aromatic heterocycles. The van der Waals surface area contributed by atoms with E-state index in [1.807, 2.05) is 0 Å². The van der Waals surface area contributed by atoms with E-state index in [0.717, 1.165) is 18.4 Å². The number of halogens is 2. The molecule has 1 aromatic rings. The summed E-state index contributed by atoms with van der Waals surface area (Å²) in [6.45, 7) is -2.82. The Hall–Kier alpha value is -1.69. The van der Waals surface area contributed by atoms with E-state index in [1.54, 1.807) is 12.1 Å². The first-order valence-electron chi connectivity index (χ1n) is 7.28. The molecule has 0 spiro atoms. The van der Waals surface area contributed by atoms with E-state index in [9.17, 15) is 8.78 Å². The lowest BCUT2D eigenvalue weighted by atomic mass is 10.1. The van der Waals surface area contributed by atoms with E-state index in [4.69, 9.17) is 5.84 Å². The number of aliphatic imine (C=N–C) groups is 1. The smallest absolute Gasteiger partial charge is 0.387 e. The molecule has 0 atom stereocenters. The van der Waals surface area contributed by atoms with E-state index in [1.165, 1.54) is 37.8 Å². The molecule has 0 radical (unpaired) electrons. The van der Waals surface area contributed by atoms with Crippen LogP contribution >= 0.6 is 0 Å². The van der Waals surface area contributed by atoms with E-state index in [-0.39, 0.29) is 11.8 Å². The van der Waals surface area contributed by atoms with Crippen molar-refractivity contribution in [2.24, 2.45) is 10.8 Å². The summed E-state index contributed by atoms with van der Waals surface area (Å²) in [5.41, 5.74) is 3.37. The van der Waals surface area contributed by atoms with Gasteiger partial charge in [-0.2, -0.15) is 8.78 Å². The molecule has 4 nitrogen and oxygen atoms in total. The van der Waals surface area contributed by atoms with Crippen molar-refractivity contribution in [2.45, 2.75) is 51.2 Å². The van der Waals surface area contributed by atoms with E-state index in [2.05, 4.69) is 15.2 Å². The molecule has 21 heavy (non-hydrogen) atoms. The molecule has 2 rings (SSSR count). The first kappa shape index (κ1) is 15.7. The molecule has 0 unspecified atom stereocenters. The van der Waals surface area contributed by atoms with Gasteiger partial charge in [0.25, 0.3) is 0 Å². The van der Waals surface area contributed by atoms with Gasteiger partial charge in [0, 0.05) is 5.56 Å². The maximum Gasteiger partial charge on any atom is 0.387 e. The third-order valence-corrected chi connectivity index (χ3v) is 3.63. The van der Waals surface area contributed by atoms with Gasteiger partial charge in [-0.05, 0) is 37.1 Å². The first-order chi connectivity index (χ1) is 10.2. The summed E-state index contributed by atoms with van der Waals surface area (Å²) in [6, 6.07) is 6.60. The second kappa shape index (κ2) is 7.93. The highest BCUT2D eigenvalue weighted by molar-refractivity contribution is 5.98. The van der Waals surface area contributed by atoms with Crippen LogP contribution in [0, 0.1) is 0 Å². The number of nitrogens with two attached hydrogens (primary N) is 1. The minimum atomic E-state index is -2.82. The van der Waals surface area contributed by atoms with Crippen LogP contribution in [-0.4, -0.2) is 18.5 Å². The third-order valence-electron chi connectivity index (χ3n) is 3.63. The summed E-state index contributed by atoms with van der Waals surface area (Å²) in [7, 11) is 0. The highest BCUT2D eigenvalue weighted by Crippen LogP contribution is 2.21. The summed E-state index contributed by atoms with van der Waals surface area (Å²) >= 11 is 0. The number of rotatable bonds is 4. The van der Waals surface area contributed by atoms with Gasteiger partial charge >= 0.3 is 6.61 Å². The number of nitrogens with one attached hydrogen (secondary N) is 1. The summed E-state index contributed by atoms with van der Waals surface area (Å²) in [4.78, 5) is 4.67. The lowest BCUT2D eigenvalue weighted by Gasteiger charge is -2.13. The van der Waals surface area contributed by atoms with Crippen molar-refractivity contribution in [3.8, 4) is 5.75 Å². The monoisotopic (exact) mass is 297 g/mol. The first-order valence-corrected chi connectivity index (χ1v) is 7.28. The number of amidine groups is 1. The fraction of sp³-hybridized carbons (Fsp3) is 0.533. The quantitative estimate of drug-likeness (QED) is 0.295. The number of hydrogen-bond donors (Lipinski definition) is 2. The number of hydrazine groups is 1. The third kappa shape index (κ3) is 4.97. The second-order valence-electron chi connectivity index (χ2n) is 5.17. The topological polar surface area (TPSA) is 59.6 Å². The molecule has 1 aliphatic carbocycles. The number of nitrogens with zero attached hydrogens (tertiary/aromatic N) is 1. The Labute approximate surface area is 123 Å². The van der Waals surface area contributed by atoms with E-state index >= 15 is 0 Å². The van der Waals surface area contributed by atoms with Gasteiger partial charge in [-0.3, -0.25) is 4.99 Å². The van der Waals surface area contributed by atoms with Gasteiger partial charge in [-0.15, -0.1) is 0 Å². The summed E-state index contributed by atoms with van der Waals surface area (Å²) in [6.07, 6.45) is 7.03. The second-order valence-corrected chi connectivity index (χ2v) is 5.17. The SMILES string of the molecule is NNC(=NC1CCCCCC1)c1ccc(OC(F)F)cc1. The van der Waals surface area contributed by atoms with Crippen LogP contribution in [0.25, 0.3) is 0 Å². The molecule has 1 fully saturated rings. The molecule has 1 aliphatic rings. The normalized spacial score (nSPS) is 17.6. The average Bonchev–Trinajstić information content (AvgIpc) is 2.74. The van der Waals surface area contributed by atoms with Crippen molar-refractivity contribution in [3.63, 3.8) is 0 Å². The fourth-order valence-corrected chi connectivity index (χ4v) is 2.56. The predicted molar refractivity (Wildman–Crippen MR) is 78.4 cm³/mol. The number of benzene rings is 1. The summed E-state index contributed by atoms with van der Waals surface area (Å²) < 4.78 is 28.6. The minimum Gasteiger partial charge on any atom is -0.435 e. The van der Waals surface area contributed by atoms with Gasteiger partial charge in [0.15, 0.2) is 0 Å². The average molecular weight is 297 g/mol. The molecule has 0 bridgehead atoms. The Kier molecular flexibility index (Phi) is 5.92. The molecular formula is C15H21F2N3O. The lowest BCUT2D eigenvalue weighted by Crippen LogP contribution is -2.32. The lowest BCUT2D eigenvalue weighted by molar-refractivity contribution is -0.0498. The van der Waals surface area contributed by atoms with Gasteiger partial charge in [0.1, 0.15) is 11.6 Å². The Bertz CT molecular complexity index is 454. The van der Waals surface area contributed by atoms with Crippen molar-refractivity contribution in [2.75, 3.05) is 0 Å². The molecular weight excluding hydrogens is 276 g/mol. The summed E-state index contributed by atoms with van der Waals surface area (Å²) in [5.74, 6) is 6.26. The fourth-order valence-electron chi connectivity index (χ4n) is 2.56. The number of alkyl halides is 2. The van der Waals surface area contributed by atoms with Crippen molar-refractivity contribution in [1.82, 2.24) is 5.43 Å². The van der Waals surface area contributed by atoms with Crippen LogP contribution in [0.5, 0.6) is 5.75 Å². The molecule has 116 valence electrons. The van der Waals surface area contributed by atoms with Gasteiger partial charge in [-0.1, -0.05) is 25.7 Å². The number of ether oxygens (including phenoxy) is 1. The largest absolute Gasteiger partial charge is 0.435 e. The molecule has 1 saturated carbocycles. The van der Waals surface area contributed by atoms with Crippen LogP contribution in [0.15, 0.2) is 29.3 Å². The molecule has 6 heteroatoms. The Morgan fingerprint density at radius 2 is 1.76 bits per heavy atom. The zero-order valence-electron chi connectivity index (χ0n) is 11.9. The van der Waals surface area contributed by atoms with Gasteiger partial charge in [-0.25, -0.2) is 5.84 Å². The van der Waals surface area contributed by atoms with Gasteiger partial charge < -0.3 is 10.2 Å². The molecule has 0 heterocycles. The minimum absolute atomic E-state index is 0.125. The zero-order valence-corrected chi connectivity index (χ0v) is 11.9. The van der Waals surface area contributed by atoms with Crippen LogP contribution in [0.3, 0.4) is 0 Å². The van der Waals surface area contributed by atoms with Gasteiger partial charge in [0.05, 0.1) is 6.04 Å². The van der Waals surface area contributed by atoms with Crippen molar-refractivity contribution in [3.05, 3.63) is 29.8 Å². The van der Waals surface area contributed by atoms with E-state index in [0.29, 0.717) is 5.84 Å². The Balaban J connectivity index is 2.08. The molecule has 0 aliphatic heterocycles. The number of hydrogen-bond acceptors (Lipinski definition) is 3. The standard InChI is InChI=1S/C15H21F2N3O/c16-15(17)21-13-9-7-11(8-10-13)14(20-18)19-12-5-3-1-2-4-6-12/h7-10,12,15H,1-6,18H2,(H,19,20). The maximum absolute atomic E-state index is 12.1. The van der Waals surface area contributed by atoms with Crippen LogP contribution < -0.4 is 16.0 Å². The highest BCUT2D eigenvalue weighted by Gasteiger charge is 2.13. The van der Waals surface area contributed by atoms with Crippen molar-refractivity contribution < 1.29 is 13.5 Å². The Morgan fingerprint density at radius 3 is 2.29 bits per heavy atom. The molecule has 0 saturated heterocycles. The zero-order chi connectivity index (χ0) is 15.1. The predicted octanol–water partition coefficient (Wildman–Crippen LogP) is 3.22. The van der Waals surface area contributed by atoms with Crippen molar-refractivity contribution in [1.29, 1.82) is 0 Å². The van der Waals surface area contributed by atoms with Crippen LogP contribution in [0.2, 0.25) is 0 Å². The van der Waals surface area contributed by atoms with E-state index < -0.39 is 6.61 Å². The molecule has 0 amide bonds. The van der Waals surface area contributed by atoms with Crippen LogP contribution in [0.1, 0.15) is 44.1 Å². The van der Waals surface area contributed by atoms with Crippen LogP contribution in [-0.2, 0) is 0 Å². The Morgan fingerprint density at radius 1 is 1.14 bits per heavy atom. The molecule has 1 aromatic carbocycles. The van der Waals surface area contributed by atoms with Gasteiger partial charge in [0.2, 0.25) is 0 Å².